The van der Waals surface area contributed by atoms with Gasteiger partial charge in [-0.3, -0.25) is 0 Å². The molecule has 1 aliphatic rings. The first-order chi connectivity index (χ1) is 10.1. The van der Waals surface area contributed by atoms with Crippen LogP contribution in [0, 0.1) is 0 Å². The molecule has 1 aromatic carbocycles. The van der Waals surface area contributed by atoms with E-state index in [9.17, 15) is 0 Å². The summed E-state index contributed by atoms with van der Waals surface area (Å²) in [6.07, 6.45) is 4.67. The lowest BCUT2D eigenvalue weighted by molar-refractivity contribution is 0.260. The Kier molecular flexibility index (Phi) is 6.03. The molecule has 4 heteroatoms. The Morgan fingerprint density at radius 3 is 2.62 bits per heavy atom. The van der Waals surface area contributed by atoms with Crippen LogP contribution in [0.25, 0.3) is 0 Å². The van der Waals surface area contributed by atoms with Crippen molar-refractivity contribution in [2.45, 2.75) is 43.8 Å². The van der Waals surface area contributed by atoms with Gasteiger partial charge in [0.1, 0.15) is 5.75 Å². The third-order valence-electron chi connectivity index (χ3n) is 4.47. The van der Waals surface area contributed by atoms with Crippen molar-refractivity contribution in [2.24, 2.45) is 5.73 Å². The third-order valence-corrected chi connectivity index (χ3v) is 4.47. The smallest absolute Gasteiger partial charge is 0.119 e. The Bertz CT molecular complexity index is 428. The van der Waals surface area contributed by atoms with Crippen molar-refractivity contribution in [1.82, 2.24) is 10.2 Å². The van der Waals surface area contributed by atoms with Gasteiger partial charge in [-0.25, -0.2) is 0 Å². The van der Waals surface area contributed by atoms with Crippen LogP contribution in [0.2, 0.25) is 0 Å². The van der Waals surface area contributed by atoms with Crippen molar-refractivity contribution in [3.05, 3.63) is 29.8 Å². The van der Waals surface area contributed by atoms with E-state index in [0.29, 0.717) is 18.1 Å². The van der Waals surface area contributed by atoms with E-state index < -0.39 is 0 Å². The first-order valence-electron chi connectivity index (χ1n) is 7.89. The molecule has 0 saturated heterocycles. The van der Waals surface area contributed by atoms with E-state index in [1.807, 2.05) is 6.07 Å². The maximum atomic E-state index is 5.97. The number of nitrogens with two attached hydrogens (primary N) is 1. The van der Waals surface area contributed by atoms with E-state index in [1.54, 1.807) is 7.11 Å². The molecule has 0 spiro atoms. The average molecular weight is 291 g/mol. The highest BCUT2D eigenvalue weighted by atomic mass is 16.5. The van der Waals surface area contributed by atoms with E-state index in [-0.39, 0.29) is 0 Å². The molecule has 1 atom stereocenters. The Balaban J connectivity index is 1.95. The van der Waals surface area contributed by atoms with Crippen LogP contribution in [-0.4, -0.2) is 44.7 Å². The number of ether oxygens (including phenoxy) is 1. The molecule has 118 valence electrons. The van der Waals surface area contributed by atoms with Crippen LogP contribution in [0.1, 0.15) is 37.3 Å². The zero-order chi connectivity index (χ0) is 15.2. The van der Waals surface area contributed by atoms with Gasteiger partial charge in [0.25, 0.3) is 0 Å². The minimum absolute atomic E-state index is 0.357. The average Bonchev–Trinajstić information content (AvgIpc) is 2.49. The molecule has 21 heavy (non-hydrogen) atoms. The summed E-state index contributed by atoms with van der Waals surface area (Å²) in [6, 6.07) is 9.73. The zero-order valence-corrected chi connectivity index (χ0v) is 13.5. The highest BCUT2D eigenvalue weighted by molar-refractivity contribution is 5.30. The maximum absolute atomic E-state index is 5.97. The molecule has 0 radical (unpaired) electrons. The van der Waals surface area contributed by atoms with Gasteiger partial charge in [0.15, 0.2) is 0 Å². The highest BCUT2D eigenvalue weighted by Gasteiger charge is 2.21. The van der Waals surface area contributed by atoms with Gasteiger partial charge < -0.3 is 20.7 Å². The number of nitrogens with one attached hydrogen (secondary N) is 1. The van der Waals surface area contributed by atoms with Gasteiger partial charge >= 0.3 is 0 Å². The summed E-state index contributed by atoms with van der Waals surface area (Å²) < 4.78 is 5.34. The standard InChI is InChI=1S/C17H29N3O/c1-20(2)17(13-5-4-6-16(11-13)21-3)12-19-15-9-7-14(18)8-10-15/h4-6,11,14-15,17,19H,7-10,12,18H2,1-3H3. The number of benzene rings is 1. The van der Waals surface area contributed by atoms with Gasteiger partial charge in [0.2, 0.25) is 0 Å². The molecule has 0 aliphatic heterocycles. The van der Waals surface area contributed by atoms with Crippen molar-refractivity contribution in [3.8, 4) is 5.75 Å². The molecule has 1 saturated carbocycles. The lowest BCUT2D eigenvalue weighted by Gasteiger charge is -2.31. The van der Waals surface area contributed by atoms with Crippen LogP contribution in [0.3, 0.4) is 0 Å². The fourth-order valence-corrected chi connectivity index (χ4v) is 3.05. The van der Waals surface area contributed by atoms with E-state index in [4.69, 9.17) is 10.5 Å². The zero-order valence-electron chi connectivity index (χ0n) is 13.5. The van der Waals surface area contributed by atoms with E-state index in [0.717, 1.165) is 25.1 Å². The van der Waals surface area contributed by atoms with Gasteiger partial charge in [0.05, 0.1) is 7.11 Å². The van der Waals surface area contributed by atoms with Crippen molar-refractivity contribution in [3.63, 3.8) is 0 Å². The molecule has 0 bridgehead atoms. The summed E-state index contributed by atoms with van der Waals surface area (Å²) in [5.41, 5.74) is 7.27. The van der Waals surface area contributed by atoms with Crippen molar-refractivity contribution >= 4 is 0 Å². The van der Waals surface area contributed by atoms with Gasteiger partial charge in [-0.15, -0.1) is 0 Å². The van der Waals surface area contributed by atoms with E-state index in [2.05, 4.69) is 42.5 Å². The predicted octanol–water partition coefficient (Wildman–Crippen LogP) is 2.16. The predicted molar refractivity (Wildman–Crippen MR) is 87.7 cm³/mol. The summed E-state index contributed by atoms with van der Waals surface area (Å²) >= 11 is 0. The molecule has 0 aromatic heterocycles. The summed E-state index contributed by atoms with van der Waals surface area (Å²) in [7, 11) is 5.97. The third kappa shape index (κ3) is 4.70. The Morgan fingerprint density at radius 2 is 2.00 bits per heavy atom. The second-order valence-electron chi connectivity index (χ2n) is 6.28. The number of hydrogen-bond donors (Lipinski definition) is 2. The van der Waals surface area contributed by atoms with Crippen LogP contribution < -0.4 is 15.8 Å². The summed E-state index contributed by atoms with van der Waals surface area (Å²) in [5.74, 6) is 0.919. The summed E-state index contributed by atoms with van der Waals surface area (Å²) in [4.78, 5) is 2.26. The van der Waals surface area contributed by atoms with Crippen LogP contribution in [0.5, 0.6) is 5.75 Å². The van der Waals surface area contributed by atoms with Gasteiger partial charge in [-0.05, 0) is 57.5 Å². The molecule has 1 aromatic rings. The molecule has 3 N–H and O–H groups in total. The normalized spacial score (nSPS) is 24.0. The van der Waals surface area contributed by atoms with Crippen LogP contribution in [-0.2, 0) is 0 Å². The largest absolute Gasteiger partial charge is 0.497 e. The minimum atomic E-state index is 0.357. The molecule has 0 heterocycles. The minimum Gasteiger partial charge on any atom is -0.497 e. The summed E-state index contributed by atoms with van der Waals surface area (Å²) in [5, 5.41) is 3.72. The molecular formula is C17H29N3O. The molecular weight excluding hydrogens is 262 g/mol. The van der Waals surface area contributed by atoms with Crippen LogP contribution in [0.4, 0.5) is 0 Å². The number of hydrogen-bond acceptors (Lipinski definition) is 4. The Labute approximate surface area is 128 Å². The maximum Gasteiger partial charge on any atom is 0.119 e. The number of nitrogens with zero attached hydrogens (tertiary/aromatic N) is 1. The number of likely N-dealkylation sites (N-methyl/N-ethyl adjacent to an activating group) is 1. The topological polar surface area (TPSA) is 50.5 Å². The molecule has 4 nitrogen and oxygen atoms in total. The van der Waals surface area contributed by atoms with Crippen molar-refractivity contribution < 1.29 is 4.74 Å². The van der Waals surface area contributed by atoms with Crippen molar-refractivity contribution in [2.75, 3.05) is 27.7 Å². The molecule has 1 fully saturated rings. The molecule has 1 unspecified atom stereocenters. The molecule has 2 rings (SSSR count). The molecule has 1 aliphatic carbocycles. The second-order valence-corrected chi connectivity index (χ2v) is 6.28. The quantitative estimate of drug-likeness (QED) is 0.843. The van der Waals surface area contributed by atoms with Crippen molar-refractivity contribution in [1.29, 1.82) is 0 Å². The van der Waals surface area contributed by atoms with Crippen LogP contribution in [0.15, 0.2) is 24.3 Å². The number of methoxy groups -OCH3 is 1. The fourth-order valence-electron chi connectivity index (χ4n) is 3.05. The molecule has 0 amide bonds. The number of rotatable bonds is 6. The highest BCUT2D eigenvalue weighted by Crippen LogP contribution is 2.23. The monoisotopic (exact) mass is 291 g/mol. The van der Waals surface area contributed by atoms with E-state index >= 15 is 0 Å². The van der Waals surface area contributed by atoms with Gasteiger partial charge in [-0.1, -0.05) is 12.1 Å². The Morgan fingerprint density at radius 1 is 1.29 bits per heavy atom. The first-order valence-corrected chi connectivity index (χ1v) is 7.89. The van der Waals surface area contributed by atoms with Gasteiger partial charge in [-0.2, -0.15) is 0 Å². The fraction of sp³-hybridized carbons (Fsp3) is 0.647. The second kappa shape index (κ2) is 7.78. The van der Waals surface area contributed by atoms with Gasteiger partial charge in [0, 0.05) is 24.7 Å². The van der Waals surface area contributed by atoms with E-state index in [1.165, 1.54) is 18.4 Å². The lowest BCUT2D eigenvalue weighted by Crippen LogP contribution is -2.41. The lowest BCUT2D eigenvalue weighted by atomic mass is 9.91. The summed E-state index contributed by atoms with van der Waals surface area (Å²) in [6.45, 7) is 0.958. The Hall–Kier alpha value is -1.10. The SMILES string of the molecule is COc1cccc(C(CNC2CCC(N)CC2)N(C)C)c1. The first kappa shape index (κ1) is 16.3. The van der Waals surface area contributed by atoms with Crippen LogP contribution >= 0.6 is 0 Å².